The minimum absolute atomic E-state index is 0.00396. The molecule has 17 heavy (non-hydrogen) atoms. The first kappa shape index (κ1) is 13.7. The van der Waals surface area contributed by atoms with Crippen molar-refractivity contribution in [2.24, 2.45) is 0 Å². The summed E-state index contributed by atoms with van der Waals surface area (Å²) >= 11 is 0. The zero-order valence-electron chi connectivity index (χ0n) is 9.41. The maximum absolute atomic E-state index is 12.4. The quantitative estimate of drug-likeness (QED) is 0.863. The zero-order valence-corrected chi connectivity index (χ0v) is 9.41. The monoisotopic (exact) mass is 249 g/mol. The van der Waals surface area contributed by atoms with Gasteiger partial charge >= 0.3 is 6.18 Å². The summed E-state index contributed by atoms with van der Waals surface area (Å²) in [5, 5.41) is 8.83. The molecule has 0 aliphatic rings. The van der Waals surface area contributed by atoms with Gasteiger partial charge in [0.05, 0.1) is 6.61 Å². The highest BCUT2D eigenvalue weighted by atomic mass is 19.4. The smallest absolute Gasteiger partial charge is 0.395 e. The number of anilines is 1. The molecule has 96 valence electrons. The molecule has 0 amide bonds. The van der Waals surface area contributed by atoms with Crippen molar-refractivity contribution in [1.29, 1.82) is 0 Å². The van der Waals surface area contributed by atoms with Crippen LogP contribution >= 0.6 is 0 Å². The average molecular weight is 249 g/mol. The largest absolute Gasteiger partial charge is 0.433 e. The zero-order chi connectivity index (χ0) is 12.9. The van der Waals surface area contributed by atoms with E-state index in [9.17, 15) is 13.2 Å². The fourth-order valence-corrected chi connectivity index (χ4v) is 1.36. The summed E-state index contributed by atoms with van der Waals surface area (Å²) in [6.45, 7) is 2.45. The van der Waals surface area contributed by atoms with Crippen LogP contribution in [0.25, 0.3) is 0 Å². The van der Waals surface area contributed by atoms with Gasteiger partial charge in [0.15, 0.2) is 0 Å². The molecule has 0 aliphatic carbocycles. The topological polar surface area (TPSA) is 49.2 Å². The van der Waals surface area contributed by atoms with E-state index in [1.54, 1.807) is 0 Å². The number of aliphatic hydroxyl groups is 1. The number of rotatable bonds is 5. The van der Waals surface area contributed by atoms with Crippen molar-refractivity contribution in [2.45, 2.75) is 19.5 Å². The molecule has 0 radical (unpaired) electrons. The predicted molar refractivity (Wildman–Crippen MR) is 56.6 cm³/mol. The van der Waals surface area contributed by atoms with Crippen molar-refractivity contribution in [3.8, 4) is 0 Å². The molecular weight excluding hydrogens is 235 g/mol. The highest BCUT2D eigenvalue weighted by molar-refractivity contribution is 5.30. The maximum Gasteiger partial charge on any atom is 0.433 e. The van der Waals surface area contributed by atoms with E-state index in [1.807, 2.05) is 6.92 Å². The summed E-state index contributed by atoms with van der Waals surface area (Å²) in [6, 6.07) is 0.826. The van der Waals surface area contributed by atoms with E-state index in [1.165, 1.54) is 4.90 Å². The van der Waals surface area contributed by atoms with Crippen LogP contribution < -0.4 is 4.90 Å². The minimum Gasteiger partial charge on any atom is -0.395 e. The van der Waals surface area contributed by atoms with Crippen molar-refractivity contribution in [2.75, 3.05) is 24.6 Å². The normalized spacial score (nSPS) is 11.6. The molecule has 1 aromatic heterocycles. The third kappa shape index (κ3) is 3.85. The maximum atomic E-state index is 12.4. The molecule has 0 spiro atoms. The lowest BCUT2D eigenvalue weighted by Gasteiger charge is -2.21. The van der Waals surface area contributed by atoms with E-state index in [0.29, 0.717) is 6.54 Å². The van der Waals surface area contributed by atoms with Gasteiger partial charge < -0.3 is 10.0 Å². The van der Waals surface area contributed by atoms with Crippen molar-refractivity contribution < 1.29 is 18.3 Å². The van der Waals surface area contributed by atoms with Crippen LogP contribution in [0.1, 0.15) is 19.0 Å². The molecule has 0 saturated heterocycles. The van der Waals surface area contributed by atoms with E-state index in [4.69, 9.17) is 5.11 Å². The Morgan fingerprint density at radius 3 is 2.59 bits per heavy atom. The Bertz CT molecular complexity index is 351. The van der Waals surface area contributed by atoms with Gasteiger partial charge in [0.1, 0.15) is 5.69 Å². The number of aliphatic hydroxyl groups excluding tert-OH is 1. The molecule has 1 heterocycles. The van der Waals surface area contributed by atoms with Gasteiger partial charge in [0, 0.05) is 19.3 Å². The molecule has 0 atom stereocenters. The molecule has 1 N–H and O–H groups in total. The van der Waals surface area contributed by atoms with Gasteiger partial charge in [0.2, 0.25) is 5.95 Å². The lowest BCUT2D eigenvalue weighted by Crippen LogP contribution is -2.29. The number of halogens is 3. The first-order chi connectivity index (χ1) is 7.99. The predicted octanol–water partition coefficient (Wildman–Crippen LogP) is 1.70. The van der Waals surface area contributed by atoms with E-state index in [2.05, 4.69) is 9.97 Å². The third-order valence-electron chi connectivity index (χ3n) is 2.08. The van der Waals surface area contributed by atoms with Crippen LogP contribution in [0.4, 0.5) is 19.1 Å². The van der Waals surface area contributed by atoms with Crippen LogP contribution in [-0.2, 0) is 6.18 Å². The summed E-state index contributed by atoms with van der Waals surface area (Å²) in [7, 11) is 0. The van der Waals surface area contributed by atoms with Gasteiger partial charge in [-0.1, -0.05) is 6.92 Å². The highest BCUT2D eigenvalue weighted by Crippen LogP contribution is 2.28. The average Bonchev–Trinajstić information content (AvgIpc) is 2.28. The second-order valence-corrected chi connectivity index (χ2v) is 3.45. The number of hydrogen-bond acceptors (Lipinski definition) is 4. The molecular formula is C10H14F3N3O. The fourth-order valence-electron chi connectivity index (χ4n) is 1.36. The van der Waals surface area contributed by atoms with Gasteiger partial charge in [-0.15, -0.1) is 0 Å². The van der Waals surface area contributed by atoms with Crippen molar-refractivity contribution in [3.63, 3.8) is 0 Å². The van der Waals surface area contributed by atoms with Crippen LogP contribution in [0.15, 0.2) is 12.3 Å². The van der Waals surface area contributed by atoms with Gasteiger partial charge in [-0.2, -0.15) is 13.2 Å². The first-order valence-electron chi connectivity index (χ1n) is 5.25. The second kappa shape index (κ2) is 5.81. The molecule has 0 aliphatic heterocycles. The Morgan fingerprint density at radius 2 is 2.06 bits per heavy atom. The summed E-state index contributed by atoms with van der Waals surface area (Å²) in [5.74, 6) is -0.00396. The molecule has 7 heteroatoms. The minimum atomic E-state index is -4.48. The van der Waals surface area contributed by atoms with Crippen LogP contribution in [0.2, 0.25) is 0 Å². The molecule has 1 rings (SSSR count). The molecule has 0 saturated carbocycles. The Kier molecular flexibility index (Phi) is 4.68. The summed E-state index contributed by atoms with van der Waals surface area (Å²) < 4.78 is 37.3. The summed E-state index contributed by atoms with van der Waals surface area (Å²) in [4.78, 5) is 8.78. The molecule has 0 unspecified atom stereocenters. The Labute approximate surface area is 97.1 Å². The molecule has 1 aromatic rings. The third-order valence-corrected chi connectivity index (χ3v) is 2.08. The van der Waals surface area contributed by atoms with Crippen LogP contribution in [0.3, 0.4) is 0 Å². The lowest BCUT2D eigenvalue weighted by atomic mass is 10.4. The summed E-state index contributed by atoms with van der Waals surface area (Å²) in [6.07, 6.45) is -2.67. The highest BCUT2D eigenvalue weighted by Gasteiger charge is 2.33. The van der Waals surface area contributed by atoms with Gasteiger partial charge in [-0.3, -0.25) is 0 Å². The lowest BCUT2D eigenvalue weighted by molar-refractivity contribution is -0.141. The van der Waals surface area contributed by atoms with Crippen LogP contribution in [-0.4, -0.2) is 34.8 Å². The summed E-state index contributed by atoms with van der Waals surface area (Å²) in [5.41, 5.74) is -0.971. The van der Waals surface area contributed by atoms with Crippen LogP contribution in [0.5, 0.6) is 0 Å². The Hall–Kier alpha value is -1.37. The van der Waals surface area contributed by atoms with E-state index >= 15 is 0 Å². The number of hydrogen-bond donors (Lipinski definition) is 1. The number of aromatic nitrogens is 2. The molecule has 0 fully saturated rings. The van der Waals surface area contributed by atoms with E-state index < -0.39 is 11.9 Å². The Morgan fingerprint density at radius 1 is 1.35 bits per heavy atom. The molecule has 0 bridgehead atoms. The molecule has 4 nitrogen and oxygen atoms in total. The standard InChI is InChI=1S/C10H14F3N3O/c1-2-5-16(6-7-17)9-14-4-3-8(15-9)10(11,12)13/h3-4,17H,2,5-7H2,1H3. The van der Waals surface area contributed by atoms with Gasteiger partial charge in [-0.05, 0) is 12.5 Å². The van der Waals surface area contributed by atoms with Crippen molar-refractivity contribution in [1.82, 2.24) is 9.97 Å². The second-order valence-electron chi connectivity index (χ2n) is 3.45. The van der Waals surface area contributed by atoms with Gasteiger partial charge in [-0.25, -0.2) is 9.97 Å². The van der Waals surface area contributed by atoms with E-state index in [0.717, 1.165) is 18.7 Å². The molecule has 0 aromatic carbocycles. The first-order valence-corrected chi connectivity index (χ1v) is 5.25. The Balaban J connectivity index is 2.95. The number of alkyl halides is 3. The van der Waals surface area contributed by atoms with Crippen LogP contribution in [0, 0.1) is 0 Å². The SMILES string of the molecule is CCCN(CCO)c1nccc(C(F)(F)F)n1. The fraction of sp³-hybridized carbons (Fsp3) is 0.600. The van der Waals surface area contributed by atoms with Crippen molar-refractivity contribution in [3.05, 3.63) is 18.0 Å². The van der Waals surface area contributed by atoms with E-state index in [-0.39, 0.29) is 19.1 Å². The van der Waals surface area contributed by atoms with Gasteiger partial charge in [0.25, 0.3) is 0 Å². The van der Waals surface area contributed by atoms with Crippen molar-refractivity contribution >= 4 is 5.95 Å². The number of nitrogens with zero attached hydrogens (tertiary/aromatic N) is 3.